The Kier molecular flexibility index (Phi) is 8.03. The molecule has 0 aliphatic carbocycles. The van der Waals surface area contributed by atoms with Crippen LogP contribution in [-0.2, 0) is 0 Å². The second-order valence-corrected chi connectivity index (χ2v) is 0.224. The smallest absolute Gasteiger partial charge is 0.356 e. The van der Waals surface area contributed by atoms with Crippen molar-refractivity contribution in [2.75, 3.05) is 0 Å². The minimum Gasteiger partial charge on any atom is -0.356 e. The normalized spacial score (nSPS) is 4.80. The average Bonchev–Trinajstić information content (AvgIpc) is 0.811. The third-order valence-electron chi connectivity index (χ3n) is 0. The SMILES string of the molecule is O=[N+]([O-])[O-].[Lu+3]. The maximum Gasteiger partial charge on any atom is 3.00 e. The standard InChI is InChI=1S/Lu.NO3/c;2-1(3)4/q+3;-1. The Morgan fingerprint density at radius 3 is 1.40 bits per heavy atom. The van der Waals surface area contributed by atoms with Crippen molar-refractivity contribution in [2.45, 2.75) is 0 Å². The molecule has 5 heteroatoms. The van der Waals surface area contributed by atoms with E-state index in [0.717, 1.165) is 0 Å². The zero-order chi connectivity index (χ0) is 3.58. The van der Waals surface area contributed by atoms with E-state index in [4.69, 9.17) is 15.3 Å². The van der Waals surface area contributed by atoms with E-state index in [0.29, 0.717) is 0 Å². The molecule has 5 heavy (non-hydrogen) atoms. The molecule has 0 aliphatic heterocycles. The third-order valence-corrected chi connectivity index (χ3v) is 0. The number of hydrogen-bond donors (Lipinski definition) is 0. The van der Waals surface area contributed by atoms with Crippen LogP contribution in [-0.4, -0.2) is 5.09 Å². The Morgan fingerprint density at radius 1 is 1.40 bits per heavy atom. The van der Waals surface area contributed by atoms with Crippen molar-refractivity contribution >= 4 is 0 Å². The van der Waals surface area contributed by atoms with E-state index in [1.54, 1.807) is 0 Å². The van der Waals surface area contributed by atoms with E-state index in [2.05, 4.69) is 0 Å². The molecule has 0 bridgehead atoms. The van der Waals surface area contributed by atoms with Gasteiger partial charge in [-0.15, -0.1) is 0 Å². The first-order chi connectivity index (χ1) is 1.73. The van der Waals surface area contributed by atoms with E-state index >= 15 is 0 Å². The van der Waals surface area contributed by atoms with Gasteiger partial charge in [-0.25, -0.2) is 0 Å². The summed E-state index contributed by atoms with van der Waals surface area (Å²) in [6.07, 6.45) is 0. The molecule has 0 radical (unpaired) electrons. The van der Waals surface area contributed by atoms with Crippen LogP contribution in [0.1, 0.15) is 0 Å². The monoisotopic (exact) mass is 237 g/mol. The Morgan fingerprint density at radius 2 is 1.40 bits per heavy atom. The van der Waals surface area contributed by atoms with E-state index in [9.17, 15) is 0 Å². The van der Waals surface area contributed by atoms with Gasteiger partial charge >= 0.3 is 36.9 Å². The van der Waals surface area contributed by atoms with Crippen molar-refractivity contribution in [3.05, 3.63) is 15.3 Å². The summed E-state index contributed by atoms with van der Waals surface area (Å²) in [5.74, 6) is 0. The van der Waals surface area contributed by atoms with Gasteiger partial charge in [0, 0.05) is 0 Å². The second kappa shape index (κ2) is 4.43. The molecule has 0 N–H and O–H groups in total. The number of hydrogen-bond acceptors (Lipinski definition) is 3. The van der Waals surface area contributed by atoms with Gasteiger partial charge in [-0.3, -0.25) is 0 Å². The summed E-state index contributed by atoms with van der Waals surface area (Å²) in [6.45, 7) is 0. The summed E-state index contributed by atoms with van der Waals surface area (Å²) in [5, 5.41) is 14.8. The van der Waals surface area contributed by atoms with Crippen molar-refractivity contribution < 1.29 is 42.0 Å². The molecule has 0 aromatic rings. The van der Waals surface area contributed by atoms with Crippen molar-refractivity contribution in [2.24, 2.45) is 0 Å². The molecule has 0 spiro atoms. The van der Waals surface area contributed by atoms with Crippen LogP contribution in [0.3, 0.4) is 0 Å². The zero-order valence-corrected chi connectivity index (χ0v) is 3.59. The minimum absolute atomic E-state index is 0. The van der Waals surface area contributed by atoms with Crippen LogP contribution in [0.5, 0.6) is 0 Å². The Balaban J connectivity index is 0. The molecule has 0 aromatic carbocycles. The van der Waals surface area contributed by atoms with E-state index in [1.165, 1.54) is 0 Å². The first-order valence-corrected chi connectivity index (χ1v) is 0.548. The summed E-state index contributed by atoms with van der Waals surface area (Å²) in [6, 6.07) is 0. The van der Waals surface area contributed by atoms with Gasteiger partial charge in [0.2, 0.25) is 0 Å². The van der Waals surface area contributed by atoms with Crippen LogP contribution in [0, 0.1) is 52.2 Å². The van der Waals surface area contributed by atoms with Gasteiger partial charge in [0.05, 0.1) is 5.09 Å². The molecule has 0 saturated carbocycles. The van der Waals surface area contributed by atoms with Gasteiger partial charge in [-0.1, -0.05) is 0 Å². The molecule has 0 unspecified atom stereocenters. The predicted octanol–water partition coefficient (Wildman–Crippen LogP) is -0.239. The van der Waals surface area contributed by atoms with Crippen molar-refractivity contribution in [3.8, 4) is 0 Å². The molecular weight excluding hydrogens is 237 g/mol. The van der Waals surface area contributed by atoms with Crippen LogP contribution in [0.2, 0.25) is 0 Å². The molecule has 0 atom stereocenters. The Bertz CT molecular complexity index is 29.9. The van der Waals surface area contributed by atoms with Gasteiger partial charge in [0.25, 0.3) is 0 Å². The first-order valence-electron chi connectivity index (χ1n) is 0.548. The van der Waals surface area contributed by atoms with Crippen molar-refractivity contribution in [1.82, 2.24) is 0 Å². The summed E-state index contributed by atoms with van der Waals surface area (Å²) in [4.78, 5) is 8.25. The Hall–Kier alpha value is 0.434. The number of nitrogens with zero attached hydrogens (tertiary/aromatic N) is 1. The summed E-state index contributed by atoms with van der Waals surface area (Å²) < 4.78 is 0. The largest absolute Gasteiger partial charge is 3.00 e. The predicted molar refractivity (Wildman–Crippen MR) is 10.4 cm³/mol. The molecule has 0 fully saturated rings. The van der Waals surface area contributed by atoms with Crippen LogP contribution >= 0.6 is 0 Å². The fourth-order valence-electron chi connectivity index (χ4n) is 0. The topological polar surface area (TPSA) is 66.2 Å². The first kappa shape index (κ1) is 9.06. The summed E-state index contributed by atoms with van der Waals surface area (Å²) in [7, 11) is 0. The number of rotatable bonds is 0. The van der Waals surface area contributed by atoms with Gasteiger partial charge in [0.1, 0.15) is 0 Å². The molecule has 4 nitrogen and oxygen atoms in total. The van der Waals surface area contributed by atoms with Gasteiger partial charge in [-0.2, -0.15) is 0 Å². The van der Waals surface area contributed by atoms with Crippen molar-refractivity contribution in [3.63, 3.8) is 0 Å². The van der Waals surface area contributed by atoms with Crippen LogP contribution in [0.4, 0.5) is 0 Å². The second-order valence-electron chi connectivity index (χ2n) is 0.224. The quantitative estimate of drug-likeness (QED) is 0.431. The van der Waals surface area contributed by atoms with Gasteiger partial charge < -0.3 is 15.3 Å². The third kappa shape index (κ3) is 140. The minimum atomic E-state index is -1.75. The maximum atomic E-state index is 8.25. The molecule has 36 valence electrons. The fourth-order valence-corrected chi connectivity index (χ4v) is 0. The molecule has 0 rings (SSSR count). The Labute approximate surface area is 57.1 Å². The molecule has 0 aromatic heterocycles. The summed E-state index contributed by atoms with van der Waals surface area (Å²) in [5.41, 5.74) is 0. The molecule has 0 aliphatic rings. The van der Waals surface area contributed by atoms with Crippen LogP contribution in [0.25, 0.3) is 0 Å². The average molecular weight is 237 g/mol. The van der Waals surface area contributed by atoms with Gasteiger partial charge in [0.15, 0.2) is 0 Å². The van der Waals surface area contributed by atoms with Crippen molar-refractivity contribution in [1.29, 1.82) is 0 Å². The fraction of sp³-hybridized carbons (Fsp3) is 0. The molecular formula is LuNO3+2. The van der Waals surface area contributed by atoms with E-state index < -0.39 is 5.09 Å². The van der Waals surface area contributed by atoms with Gasteiger partial charge in [-0.05, 0) is 0 Å². The summed E-state index contributed by atoms with van der Waals surface area (Å²) >= 11 is 0. The molecule has 0 heterocycles. The molecule has 0 amide bonds. The van der Waals surface area contributed by atoms with Crippen LogP contribution < -0.4 is 0 Å². The maximum absolute atomic E-state index is 8.25. The van der Waals surface area contributed by atoms with Crippen LogP contribution in [0.15, 0.2) is 0 Å². The van der Waals surface area contributed by atoms with E-state index in [-0.39, 0.29) is 36.9 Å². The van der Waals surface area contributed by atoms with E-state index in [1.807, 2.05) is 0 Å². The zero-order valence-electron chi connectivity index (χ0n) is 1.93. The molecule has 0 saturated heterocycles.